The molecule has 104 valence electrons. The summed E-state index contributed by atoms with van der Waals surface area (Å²) in [7, 11) is 0. The first-order chi connectivity index (χ1) is 9.58. The summed E-state index contributed by atoms with van der Waals surface area (Å²) in [4.78, 5) is 28.7. The number of hydrogen-bond acceptors (Lipinski definition) is 2. The zero-order valence-corrected chi connectivity index (χ0v) is 11.3. The van der Waals surface area contributed by atoms with Gasteiger partial charge in [-0.25, -0.2) is 0 Å². The Bertz CT molecular complexity index is 689. The van der Waals surface area contributed by atoms with E-state index >= 15 is 0 Å². The molecule has 3 N–H and O–H groups in total. The second-order valence-electron chi connectivity index (χ2n) is 5.28. The smallest absolute Gasteiger partial charge is 0.270 e. The molecule has 2 amide bonds. The van der Waals surface area contributed by atoms with Gasteiger partial charge in [0, 0.05) is 17.4 Å². The third-order valence-electron chi connectivity index (χ3n) is 3.94. The summed E-state index contributed by atoms with van der Waals surface area (Å²) in [5, 5.41) is 1.00. The number of nitrogens with one attached hydrogen (secondary N) is 1. The number of primary amides is 1. The number of benzene rings is 1. The van der Waals surface area contributed by atoms with E-state index in [1.165, 1.54) is 0 Å². The number of nitrogens with zero attached hydrogens (tertiary/aromatic N) is 1. The molecule has 1 saturated heterocycles. The van der Waals surface area contributed by atoms with Gasteiger partial charge in [-0.3, -0.25) is 9.59 Å². The lowest BCUT2D eigenvalue weighted by molar-refractivity contribution is -0.121. The third-order valence-corrected chi connectivity index (χ3v) is 3.94. The van der Waals surface area contributed by atoms with Gasteiger partial charge in [0.1, 0.15) is 11.7 Å². The van der Waals surface area contributed by atoms with Gasteiger partial charge in [-0.1, -0.05) is 18.2 Å². The minimum Gasteiger partial charge on any atom is -0.368 e. The lowest BCUT2D eigenvalue weighted by Gasteiger charge is -2.21. The molecule has 0 spiro atoms. The van der Waals surface area contributed by atoms with Crippen molar-refractivity contribution in [2.45, 2.75) is 25.8 Å². The number of nitrogens with two attached hydrogens (primary N) is 1. The van der Waals surface area contributed by atoms with Crippen LogP contribution in [0.3, 0.4) is 0 Å². The van der Waals surface area contributed by atoms with Crippen molar-refractivity contribution in [1.82, 2.24) is 9.88 Å². The van der Waals surface area contributed by atoms with E-state index < -0.39 is 11.9 Å². The lowest BCUT2D eigenvalue weighted by atomic mass is 10.2. The molecule has 5 nitrogen and oxygen atoms in total. The van der Waals surface area contributed by atoms with Gasteiger partial charge in [0.15, 0.2) is 0 Å². The number of H-pyrrole nitrogens is 1. The van der Waals surface area contributed by atoms with Crippen molar-refractivity contribution in [2.75, 3.05) is 6.54 Å². The zero-order chi connectivity index (χ0) is 14.3. The van der Waals surface area contributed by atoms with E-state index in [0.29, 0.717) is 18.7 Å². The summed E-state index contributed by atoms with van der Waals surface area (Å²) < 4.78 is 0. The summed E-state index contributed by atoms with van der Waals surface area (Å²) in [5.41, 5.74) is 7.93. The number of aromatic amines is 1. The molecule has 20 heavy (non-hydrogen) atoms. The largest absolute Gasteiger partial charge is 0.368 e. The molecule has 1 aromatic heterocycles. The van der Waals surface area contributed by atoms with Crippen LogP contribution in [0, 0.1) is 6.92 Å². The highest BCUT2D eigenvalue weighted by molar-refractivity contribution is 6.00. The number of fused-ring (bicyclic) bond motifs is 1. The average molecular weight is 271 g/mol. The van der Waals surface area contributed by atoms with E-state index in [2.05, 4.69) is 4.98 Å². The predicted molar refractivity (Wildman–Crippen MR) is 76.3 cm³/mol. The highest BCUT2D eigenvalue weighted by Gasteiger charge is 2.33. The van der Waals surface area contributed by atoms with E-state index in [0.717, 1.165) is 22.9 Å². The summed E-state index contributed by atoms with van der Waals surface area (Å²) in [6.45, 7) is 2.58. The molecule has 2 heterocycles. The van der Waals surface area contributed by atoms with Crippen LogP contribution in [0.15, 0.2) is 24.3 Å². The van der Waals surface area contributed by atoms with Gasteiger partial charge >= 0.3 is 0 Å². The maximum Gasteiger partial charge on any atom is 0.270 e. The number of carbonyl (C=O) groups is 2. The number of aromatic nitrogens is 1. The second kappa shape index (κ2) is 4.67. The Hall–Kier alpha value is -2.30. The molecule has 0 bridgehead atoms. The van der Waals surface area contributed by atoms with E-state index in [9.17, 15) is 9.59 Å². The zero-order valence-electron chi connectivity index (χ0n) is 11.3. The maximum atomic E-state index is 12.5. The van der Waals surface area contributed by atoms with Gasteiger partial charge in [-0.2, -0.15) is 0 Å². The third kappa shape index (κ3) is 1.95. The fourth-order valence-electron chi connectivity index (χ4n) is 2.88. The van der Waals surface area contributed by atoms with E-state index in [1.807, 2.05) is 31.2 Å². The molecule has 1 atom stereocenters. The van der Waals surface area contributed by atoms with Crippen LogP contribution in [0.4, 0.5) is 0 Å². The molecular weight excluding hydrogens is 254 g/mol. The molecule has 0 saturated carbocycles. The van der Waals surface area contributed by atoms with Crippen molar-refractivity contribution in [2.24, 2.45) is 5.73 Å². The molecule has 0 aliphatic carbocycles. The summed E-state index contributed by atoms with van der Waals surface area (Å²) >= 11 is 0. The van der Waals surface area contributed by atoms with Crippen LogP contribution in [-0.4, -0.2) is 34.3 Å². The molecule has 0 radical (unpaired) electrons. The minimum atomic E-state index is -0.477. The minimum absolute atomic E-state index is 0.151. The molecule has 1 aliphatic rings. The summed E-state index contributed by atoms with van der Waals surface area (Å²) in [6, 6.07) is 7.28. The van der Waals surface area contributed by atoms with Crippen LogP contribution < -0.4 is 5.73 Å². The fraction of sp³-hybridized carbons (Fsp3) is 0.333. The molecule has 3 rings (SSSR count). The van der Waals surface area contributed by atoms with Gasteiger partial charge in [-0.05, 0) is 31.4 Å². The quantitative estimate of drug-likeness (QED) is 0.869. The number of amides is 2. The molecule has 1 aliphatic heterocycles. The van der Waals surface area contributed by atoms with Gasteiger partial charge in [0.2, 0.25) is 5.91 Å². The highest BCUT2D eigenvalue weighted by atomic mass is 16.2. The van der Waals surface area contributed by atoms with Gasteiger partial charge in [0.05, 0.1) is 0 Å². The first-order valence-corrected chi connectivity index (χ1v) is 6.76. The van der Waals surface area contributed by atoms with Gasteiger partial charge in [0.25, 0.3) is 5.91 Å². The van der Waals surface area contributed by atoms with Crippen molar-refractivity contribution in [1.29, 1.82) is 0 Å². The number of aryl methyl sites for hydroxylation is 1. The van der Waals surface area contributed by atoms with Crippen LogP contribution in [0.1, 0.15) is 28.9 Å². The maximum absolute atomic E-state index is 12.5. The Morgan fingerprint density at radius 3 is 2.90 bits per heavy atom. The fourth-order valence-corrected chi connectivity index (χ4v) is 2.88. The summed E-state index contributed by atoms with van der Waals surface area (Å²) in [5.74, 6) is -0.579. The van der Waals surface area contributed by atoms with Crippen molar-refractivity contribution in [3.05, 3.63) is 35.5 Å². The Labute approximate surface area is 116 Å². The standard InChI is InChI=1S/C15H17N3O2/c1-9-4-2-5-10-8-11(17-13(9)10)15(20)18-7-3-6-12(18)14(16)19/h2,4-5,8,12,17H,3,6-7H2,1H3,(H2,16,19). The summed E-state index contributed by atoms with van der Waals surface area (Å²) in [6.07, 6.45) is 1.47. The van der Waals surface area contributed by atoms with Crippen molar-refractivity contribution in [3.8, 4) is 0 Å². The molecule has 1 aromatic carbocycles. The lowest BCUT2D eigenvalue weighted by Crippen LogP contribution is -2.43. The Morgan fingerprint density at radius 1 is 1.40 bits per heavy atom. The van der Waals surface area contributed by atoms with Crippen molar-refractivity contribution in [3.63, 3.8) is 0 Å². The number of rotatable bonds is 2. The van der Waals surface area contributed by atoms with Crippen LogP contribution in [-0.2, 0) is 4.79 Å². The van der Waals surface area contributed by atoms with Crippen LogP contribution in [0.2, 0.25) is 0 Å². The predicted octanol–water partition coefficient (Wildman–Crippen LogP) is 1.57. The molecule has 5 heteroatoms. The van der Waals surface area contributed by atoms with E-state index in [1.54, 1.807) is 4.90 Å². The molecule has 1 fully saturated rings. The topological polar surface area (TPSA) is 79.2 Å². The van der Waals surface area contributed by atoms with Crippen molar-refractivity contribution >= 4 is 22.7 Å². The van der Waals surface area contributed by atoms with E-state index in [4.69, 9.17) is 5.73 Å². The van der Waals surface area contributed by atoms with E-state index in [-0.39, 0.29) is 5.91 Å². The van der Waals surface area contributed by atoms with Gasteiger partial charge in [-0.15, -0.1) is 0 Å². The molecular formula is C15H17N3O2. The molecule has 2 aromatic rings. The van der Waals surface area contributed by atoms with Crippen LogP contribution in [0.25, 0.3) is 10.9 Å². The van der Waals surface area contributed by atoms with Crippen molar-refractivity contribution < 1.29 is 9.59 Å². The van der Waals surface area contributed by atoms with Gasteiger partial charge < -0.3 is 15.6 Å². The second-order valence-corrected chi connectivity index (χ2v) is 5.28. The Balaban J connectivity index is 1.96. The number of hydrogen-bond donors (Lipinski definition) is 2. The Morgan fingerprint density at radius 2 is 2.20 bits per heavy atom. The monoisotopic (exact) mass is 271 g/mol. The van der Waals surface area contributed by atoms with Crippen LogP contribution >= 0.6 is 0 Å². The average Bonchev–Trinajstić information content (AvgIpc) is 3.05. The number of carbonyl (C=O) groups excluding carboxylic acids is 2. The van der Waals surface area contributed by atoms with Crippen LogP contribution in [0.5, 0.6) is 0 Å². The number of para-hydroxylation sites is 1. The number of likely N-dealkylation sites (tertiary alicyclic amines) is 1. The first-order valence-electron chi connectivity index (χ1n) is 6.76. The molecule has 1 unspecified atom stereocenters. The normalized spacial score (nSPS) is 18.6. The Kier molecular flexibility index (Phi) is 2.97. The first kappa shape index (κ1) is 12.7. The SMILES string of the molecule is Cc1cccc2cc(C(=O)N3CCCC3C(N)=O)[nH]c12. The highest BCUT2D eigenvalue weighted by Crippen LogP contribution is 2.23.